The molecule has 0 spiro atoms. The van der Waals surface area contributed by atoms with Gasteiger partial charge in [-0.3, -0.25) is 9.25 Å². The first kappa shape index (κ1) is 19.2. The van der Waals surface area contributed by atoms with Gasteiger partial charge in [-0.05, 0) is 26.0 Å². The zero-order valence-corrected chi connectivity index (χ0v) is 15.8. The highest BCUT2D eigenvalue weighted by atomic mass is 32.1. The van der Waals surface area contributed by atoms with Crippen LogP contribution in [0.2, 0.25) is 0 Å². The minimum absolute atomic E-state index is 0.298. The van der Waals surface area contributed by atoms with Crippen molar-refractivity contribution in [2.24, 2.45) is 5.73 Å². The van der Waals surface area contributed by atoms with E-state index in [4.69, 9.17) is 5.73 Å². The molecule has 0 saturated carbocycles. The summed E-state index contributed by atoms with van der Waals surface area (Å²) in [5.74, 6) is 0.462. The van der Waals surface area contributed by atoms with Crippen LogP contribution in [0.15, 0.2) is 41.0 Å². The van der Waals surface area contributed by atoms with E-state index >= 15 is 0 Å². The first-order chi connectivity index (χ1) is 12.9. The maximum absolute atomic E-state index is 12.8. The third kappa shape index (κ3) is 4.06. The Hall–Kier alpha value is -2.59. The largest absolute Gasteiger partial charge is 0.346 e. The Morgan fingerprint density at radius 2 is 2.11 bits per heavy atom. The van der Waals surface area contributed by atoms with Crippen molar-refractivity contribution >= 4 is 11.3 Å². The maximum atomic E-state index is 12.8. The van der Waals surface area contributed by atoms with E-state index in [-0.39, 0.29) is 18.7 Å². The van der Waals surface area contributed by atoms with E-state index in [2.05, 4.69) is 10.2 Å². The summed E-state index contributed by atoms with van der Waals surface area (Å²) in [6.07, 6.45) is 1.91. The first-order valence-electron chi connectivity index (χ1n) is 8.41. The lowest BCUT2D eigenvalue weighted by molar-refractivity contribution is 0.400. The molecule has 0 aliphatic carbocycles. The fourth-order valence-corrected chi connectivity index (χ4v) is 3.63. The number of hydrogen-bond acceptors (Lipinski definition) is 5. The molecule has 3 rings (SSSR count). The summed E-state index contributed by atoms with van der Waals surface area (Å²) in [6.45, 7) is 4.19. The molecule has 0 bridgehead atoms. The minimum Gasteiger partial charge on any atom is -0.327 e. The summed E-state index contributed by atoms with van der Waals surface area (Å²) in [5, 5.41) is 8.36. The fraction of sp³-hybridized carbons (Fsp3) is 0.353. The lowest BCUT2D eigenvalue weighted by Crippen LogP contribution is -2.27. The van der Waals surface area contributed by atoms with E-state index in [0.29, 0.717) is 12.4 Å². The van der Waals surface area contributed by atoms with Gasteiger partial charge in [0.25, 0.3) is 6.08 Å². The van der Waals surface area contributed by atoms with Crippen LogP contribution in [0.25, 0.3) is 10.4 Å². The molecule has 0 aliphatic heterocycles. The number of rotatable bonds is 7. The second-order valence-electron chi connectivity index (χ2n) is 5.99. The molecule has 3 aromatic rings. The van der Waals surface area contributed by atoms with Crippen LogP contribution in [-0.4, -0.2) is 30.7 Å². The molecule has 2 N–H and O–H groups in total. The molecular formula is C17H20F2N6OS. The standard InChI is InChI=1S/C17H20F2N6OS/c1-3-23-8-13(7-21-23)15-5-4-14(27-15)10-24-11(2)22-25(17(24)26)9-12(6-20)16(18)19/h4-5,7-8H,3,6,9-10,20H2,1-2H3. The maximum Gasteiger partial charge on any atom is 0.346 e. The van der Waals surface area contributed by atoms with Crippen LogP contribution in [0.5, 0.6) is 0 Å². The van der Waals surface area contributed by atoms with Crippen molar-refractivity contribution in [1.29, 1.82) is 0 Å². The summed E-state index contributed by atoms with van der Waals surface area (Å²) in [4.78, 5) is 14.5. The highest BCUT2D eigenvalue weighted by Gasteiger charge is 2.15. The molecule has 0 aliphatic rings. The van der Waals surface area contributed by atoms with Gasteiger partial charge in [0.1, 0.15) is 5.82 Å². The average Bonchev–Trinajstić information content (AvgIpc) is 3.35. The van der Waals surface area contributed by atoms with Crippen LogP contribution >= 0.6 is 11.3 Å². The molecule has 0 radical (unpaired) electrons. The Bertz CT molecular complexity index is 1020. The smallest absolute Gasteiger partial charge is 0.327 e. The monoisotopic (exact) mass is 394 g/mol. The lowest BCUT2D eigenvalue weighted by Gasteiger charge is -2.02. The minimum atomic E-state index is -1.87. The Morgan fingerprint density at radius 1 is 1.33 bits per heavy atom. The zero-order valence-electron chi connectivity index (χ0n) is 15.0. The van der Waals surface area contributed by atoms with Crippen molar-refractivity contribution in [3.8, 4) is 10.4 Å². The molecule has 0 saturated heterocycles. The fourth-order valence-electron chi connectivity index (χ4n) is 2.65. The van der Waals surface area contributed by atoms with Crippen molar-refractivity contribution in [2.45, 2.75) is 33.5 Å². The average molecular weight is 394 g/mol. The molecule has 27 heavy (non-hydrogen) atoms. The molecule has 144 valence electrons. The molecule has 0 atom stereocenters. The molecule has 10 heteroatoms. The zero-order chi connectivity index (χ0) is 19.6. The van der Waals surface area contributed by atoms with Crippen molar-refractivity contribution in [1.82, 2.24) is 24.1 Å². The predicted octanol–water partition coefficient (Wildman–Crippen LogP) is 2.46. The van der Waals surface area contributed by atoms with Crippen LogP contribution in [-0.2, 0) is 19.6 Å². The SMILES string of the molecule is CCn1cc(-c2ccc(Cn3c(C)nn(CC(CN)=C(F)F)c3=O)s2)cn1. The molecule has 0 unspecified atom stereocenters. The summed E-state index contributed by atoms with van der Waals surface area (Å²) >= 11 is 1.56. The first-order valence-corrected chi connectivity index (χ1v) is 9.23. The third-order valence-electron chi connectivity index (χ3n) is 4.18. The van der Waals surface area contributed by atoms with Gasteiger partial charge in [0.2, 0.25) is 0 Å². The normalized spacial score (nSPS) is 11.1. The van der Waals surface area contributed by atoms with E-state index in [9.17, 15) is 13.6 Å². The van der Waals surface area contributed by atoms with Crippen LogP contribution in [0.3, 0.4) is 0 Å². The highest BCUT2D eigenvalue weighted by molar-refractivity contribution is 7.15. The van der Waals surface area contributed by atoms with E-state index in [1.807, 2.05) is 29.9 Å². The molecule has 7 nitrogen and oxygen atoms in total. The number of aromatic nitrogens is 5. The molecule has 0 amide bonds. The number of aryl methyl sites for hydroxylation is 2. The molecular weight excluding hydrogens is 374 g/mol. The van der Waals surface area contributed by atoms with Crippen LogP contribution in [0, 0.1) is 6.92 Å². The molecule has 3 aromatic heterocycles. The molecule has 0 fully saturated rings. The molecule has 3 heterocycles. The van der Waals surface area contributed by atoms with Crippen molar-refractivity contribution < 1.29 is 8.78 Å². The predicted molar refractivity (Wildman–Crippen MR) is 99.8 cm³/mol. The van der Waals surface area contributed by atoms with Gasteiger partial charge in [-0.1, -0.05) is 0 Å². The summed E-state index contributed by atoms with van der Waals surface area (Å²) in [6, 6.07) is 3.93. The van der Waals surface area contributed by atoms with Gasteiger partial charge in [0.05, 0.1) is 19.3 Å². The van der Waals surface area contributed by atoms with E-state index in [1.54, 1.807) is 24.5 Å². The highest BCUT2D eigenvalue weighted by Crippen LogP contribution is 2.28. The van der Waals surface area contributed by atoms with Gasteiger partial charge < -0.3 is 5.73 Å². The van der Waals surface area contributed by atoms with Crippen LogP contribution < -0.4 is 11.4 Å². The second kappa shape index (κ2) is 7.97. The lowest BCUT2D eigenvalue weighted by atomic mass is 10.3. The van der Waals surface area contributed by atoms with Crippen LogP contribution in [0.1, 0.15) is 17.6 Å². The van der Waals surface area contributed by atoms with E-state index in [1.165, 1.54) is 4.57 Å². The van der Waals surface area contributed by atoms with Crippen molar-refractivity contribution in [3.05, 3.63) is 57.4 Å². The van der Waals surface area contributed by atoms with E-state index < -0.39 is 11.8 Å². The van der Waals surface area contributed by atoms with Crippen LogP contribution in [0.4, 0.5) is 8.78 Å². The van der Waals surface area contributed by atoms with Gasteiger partial charge in [-0.25, -0.2) is 9.48 Å². The second-order valence-corrected chi connectivity index (χ2v) is 7.16. The Balaban J connectivity index is 1.82. The Labute approximate surface area is 158 Å². The van der Waals surface area contributed by atoms with Gasteiger partial charge >= 0.3 is 5.69 Å². The summed E-state index contributed by atoms with van der Waals surface area (Å²) in [5.41, 5.74) is 5.60. The van der Waals surface area contributed by atoms with E-state index in [0.717, 1.165) is 26.5 Å². The number of nitrogens with two attached hydrogens (primary N) is 1. The Morgan fingerprint density at radius 3 is 2.74 bits per heavy atom. The third-order valence-corrected chi connectivity index (χ3v) is 5.30. The number of thiophene rings is 1. The number of nitrogens with zero attached hydrogens (tertiary/aromatic N) is 5. The van der Waals surface area contributed by atoms with Gasteiger partial charge in [-0.15, -0.1) is 11.3 Å². The van der Waals surface area contributed by atoms with Gasteiger partial charge in [0, 0.05) is 40.2 Å². The number of hydrogen-bond donors (Lipinski definition) is 1. The summed E-state index contributed by atoms with van der Waals surface area (Å²) < 4.78 is 30.0. The van der Waals surface area contributed by atoms with Crippen molar-refractivity contribution in [2.75, 3.05) is 6.54 Å². The molecule has 0 aromatic carbocycles. The summed E-state index contributed by atoms with van der Waals surface area (Å²) in [7, 11) is 0. The van der Waals surface area contributed by atoms with Crippen molar-refractivity contribution in [3.63, 3.8) is 0 Å². The van der Waals surface area contributed by atoms with Gasteiger partial charge in [-0.2, -0.15) is 19.0 Å². The quantitative estimate of drug-likeness (QED) is 0.667. The Kier molecular flexibility index (Phi) is 5.66. The number of halogens is 2. The topological polar surface area (TPSA) is 83.7 Å². The van der Waals surface area contributed by atoms with Gasteiger partial charge in [0.15, 0.2) is 0 Å².